The molecule has 0 saturated carbocycles. The summed E-state index contributed by atoms with van der Waals surface area (Å²) in [5.74, 6) is -1.70. The predicted octanol–water partition coefficient (Wildman–Crippen LogP) is 4.43. The molecule has 2 aromatic heterocycles. The van der Waals surface area contributed by atoms with Gasteiger partial charge in [0.2, 0.25) is 0 Å². The third-order valence-corrected chi connectivity index (χ3v) is 4.64. The van der Waals surface area contributed by atoms with Crippen LogP contribution in [-0.2, 0) is 6.52 Å². The zero-order chi connectivity index (χ0) is 28.5. The van der Waals surface area contributed by atoms with Gasteiger partial charge in [-0.3, -0.25) is 4.90 Å². The molecule has 138 valence electrons. The lowest BCUT2D eigenvalue weighted by Crippen LogP contribution is -2.38. The Morgan fingerprint density at radius 1 is 1.56 bits per heavy atom. The number of piperidine rings is 1. The molecule has 3 aromatic rings. The minimum atomic E-state index is -3.04. The highest BCUT2D eigenvalue weighted by Crippen LogP contribution is 2.32. The molecule has 0 amide bonds. The van der Waals surface area contributed by atoms with Gasteiger partial charge in [0.25, 0.3) is 0 Å². The number of thiophene rings is 1. The molecule has 1 fully saturated rings. The molecule has 5 nitrogen and oxygen atoms in total. The lowest BCUT2D eigenvalue weighted by Gasteiger charge is -2.32. The normalized spacial score (nSPS) is 27.7. The summed E-state index contributed by atoms with van der Waals surface area (Å²) in [4.78, 5) is 8.54. The number of halogens is 2. The van der Waals surface area contributed by atoms with Gasteiger partial charge >= 0.3 is 0 Å². The van der Waals surface area contributed by atoms with Crippen molar-refractivity contribution in [1.82, 2.24) is 14.9 Å². The standard InChI is InChI=1S/C19H17ClFN5S/c20-17-8-15-18(23-11-24-19(15)27-17)25-14-3-5-26(6-4-14)10-12-1-2-16(21)13(7-12)9-22/h1-2,7-8,11,14H,3-6,10H2,(H,23,24,25)/i1D,3D2,4D2,7D,8D,10D,11D,14D/hD. The Kier molecular flexibility index (Phi) is 2.67. The number of benzene rings is 1. The average Bonchev–Trinajstić information content (AvgIpc) is 3.08. The van der Waals surface area contributed by atoms with Crippen molar-refractivity contribution in [3.63, 3.8) is 0 Å². The van der Waals surface area contributed by atoms with E-state index in [0.29, 0.717) is 6.07 Å². The van der Waals surface area contributed by atoms with Gasteiger partial charge in [-0.1, -0.05) is 17.6 Å². The van der Waals surface area contributed by atoms with Gasteiger partial charge in [-0.05, 0) is 36.5 Å². The molecular weight excluding hydrogens is 385 g/mol. The van der Waals surface area contributed by atoms with E-state index < -0.39 is 79.5 Å². The van der Waals surface area contributed by atoms with E-state index in [1.54, 1.807) is 0 Å². The van der Waals surface area contributed by atoms with Crippen molar-refractivity contribution in [1.29, 1.82) is 5.26 Å². The molecule has 1 saturated heterocycles. The lowest BCUT2D eigenvalue weighted by molar-refractivity contribution is 0.211. The third kappa shape index (κ3) is 4.03. The Morgan fingerprint density at radius 3 is 3.15 bits per heavy atom. The fraction of sp³-hybridized carbons (Fsp3) is 0.316. The second-order valence-corrected chi connectivity index (χ2v) is 6.94. The molecule has 1 atom stereocenters. The maximum absolute atomic E-state index is 14.0. The quantitative estimate of drug-likeness (QED) is 0.686. The van der Waals surface area contributed by atoms with Crippen LogP contribution in [0, 0.1) is 17.1 Å². The number of anilines is 1. The topological polar surface area (TPSA) is 64.8 Å². The number of hydrogen-bond acceptors (Lipinski definition) is 6. The Labute approximate surface area is 180 Å². The second kappa shape index (κ2) is 7.77. The van der Waals surface area contributed by atoms with Crippen LogP contribution in [0.3, 0.4) is 0 Å². The van der Waals surface area contributed by atoms with Crippen LogP contribution in [0.2, 0.25) is 5.75 Å². The van der Waals surface area contributed by atoms with Crippen molar-refractivity contribution in [2.24, 2.45) is 0 Å². The van der Waals surface area contributed by atoms with Crippen LogP contribution in [0.5, 0.6) is 0 Å². The third-order valence-electron chi connectivity index (χ3n) is 3.55. The van der Waals surface area contributed by atoms with Gasteiger partial charge < -0.3 is 5.31 Å². The first-order chi connectivity index (χ1) is 17.5. The van der Waals surface area contributed by atoms with Gasteiger partial charge in [0.15, 0.2) is 1.41 Å². The number of nitrogens with zero attached hydrogens (tertiary/aromatic N) is 4. The summed E-state index contributed by atoms with van der Waals surface area (Å²) in [6, 6.07) is -2.61. The number of hydrogen-bond donors (Lipinski definition) is 1. The number of likely N-dealkylation sites (tertiary alicyclic amines) is 1. The molecule has 0 bridgehead atoms. The first kappa shape index (κ1) is 9.28. The maximum atomic E-state index is 14.0. The number of rotatable bonds is 4. The molecule has 0 aliphatic carbocycles. The van der Waals surface area contributed by atoms with E-state index in [-0.39, 0.29) is 25.9 Å². The van der Waals surface area contributed by atoms with Crippen LogP contribution in [0.4, 0.5) is 10.2 Å². The van der Waals surface area contributed by atoms with Crippen LogP contribution in [0.15, 0.2) is 30.5 Å². The minimum absolute atomic E-state index is 0.0242. The second-order valence-electron chi connectivity index (χ2n) is 5.34. The molecule has 1 aromatic carbocycles. The molecule has 1 aliphatic rings. The van der Waals surface area contributed by atoms with Crippen molar-refractivity contribution in [2.75, 3.05) is 18.4 Å². The monoisotopic (exact) mass is 412 g/mol. The van der Waals surface area contributed by atoms with E-state index in [4.69, 9.17) is 32.0 Å². The predicted molar refractivity (Wildman–Crippen MR) is 105 cm³/mol. The summed E-state index contributed by atoms with van der Waals surface area (Å²) in [6.07, 6.45) is -6.48. The average molecular weight is 413 g/mol. The van der Waals surface area contributed by atoms with Gasteiger partial charge in [-0.25, -0.2) is 14.4 Å². The van der Waals surface area contributed by atoms with E-state index >= 15 is 0 Å². The maximum Gasteiger partial charge on any atom is 0.162 e. The number of nitrogens with one attached hydrogen (secondary N) is 1. The van der Waals surface area contributed by atoms with E-state index in [0.717, 1.165) is 16.2 Å². The number of aromatic nitrogens is 2. The molecule has 8 heteroatoms. The first-order valence-corrected chi connectivity index (χ1v) is 8.76. The highest BCUT2D eigenvalue weighted by Gasteiger charge is 2.21. The Balaban J connectivity index is 1.80. The van der Waals surface area contributed by atoms with Crippen LogP contribution in [0.1, 0.15) is 37.6 Å². The number of fused-ring (bicyclic) bond motifs is 1. The summed E-state index contributed by atoms with van der Waals surface area (Å²) in [5.41, 5.74) is -1.17. The zero-order valence-corrected chi connectivity index (χ0v) is 15.0. The van der Waals surface area contributed by atoms with Crippen LogP contribution in [0.25, 0.3) is 10.2 Å². The van der Waals surface area contributed by atoms with Gasteiger partial charge in [0.05, 0.1) is 20.8 Å². The highest BCUT2D eigenvalue weighted by molar-refractivity contribution is 7.22. The Bertz CT molecular complexity index is 1480. The molecule has 27 heavy (non-hydrogen) atoms. The van der Waals surface area contributed by atoms with E-state index in [1.807, 2.05) is 0 Å². The van der Waals surface area contributed by atoms with Gasteiger partial charge in [0, 0.05) is 32.5 Å². The highest BCUT2D eigenvalue weighted by atomic mass is 35.5. The van der Waals surface area contributed by atoms with Gasteiger partial charge in [0.1, 0.15) is 30.2 Å². The molecule has 0 radical (unpaired) electrons. The molecule has 1 N–H and O–H groups in total. The zero-order valence-electron chi connectivity index (χ0n) is 24.5. The molecule has 3 heterocycles. The summed E-state index contributed by atoms with van der Waals surface area (Å²) < 4.78 is 107. The molecule has 1 aliphatic heterocycles. The van der Waals surface area contributed by atoms with E-state index in [1.165, 1.54) is 6.07 Å². The smallest absolute Gasteiger partial charge is 0.162 e. The minimum Gasteiger partial charge on any atom is -0.367 e. The van der Waals surface area contributed by atoms with Crippen LogP contribution >= 0.6 is 22.9 Å². The van der Waals surface area contributed by atoms with Gasteiger partial charge in [-0.15, -0.1) is 11.3 Å². The van der Waals surface area contributed by atoms with Gasteiger partial charge in [-0.2, -0.15) is 5.26 Å². The molecule has 0 spiro atoms. The molecular formula is C19H17ClFN5S. The first-order valence-electron chi connectivity index (χ1n) is 13.1. The fourth-order valence-electron chi connectivity index (χ4n) is 2.32. The molecule has 4 rings (SSSR count). The van der Waals surface area contributed by atoms with Crippen molar-refractivity contribution < 1.29 is 19.5 Å². The summed E-state index contributed by atoms with van der Waals surface area (Å²) in [5, 5.41) is 9.17. The lowest BCUT2D eigenvalue weighted by atomic mass is 10.0. The summed E-state index contributed by atoms with van der Waals surface area (Å²) >= 11 is 6.82. The molecule has 1 unspecified atom stereocenters. The van der Waals surface area contributed by atoms with E-state index in [2.05, 4.69) is 9.97 Å². The summed E-state index contributed by atoms with van der Waals surface area (Å²) in [7, 11) is 0. The Morgan fingerprint density at radius 2 is 2.37 bits per heavy atom. The van der Waals surface area contributed by atoms with Crippen molar-refractivity contribution >= 4 is 39.0 Å². The van der Waals surface area contributed by atoms with Crippen LogP contribution < -0.4 is 5.31 Å². The Hall–Kier alpha value is -2.27. The van der Waals surface area contributed by atoms with Crippen molar-refractivity contribution in [2.45, 2.75) is 25.3 Å². The summed E-state index contributed by atoms with van der Waals surface area (Å²) in [6.45, 7) is -3.45. The van der Waals surface area contributed by atoms with Crippen molar-refractivity contribution in [3.05, 3.63) is 51.8 Å². The van der Waals surface area contributed by atoms with Crippen LogP contribution in [-0.4, -0.2) is 34.0 Å². The van der Waals surface area contributed by atoms with Crippen molar-refractivity contribution in [3.8, 4) is 6.07 Å². The largest absolute Gasteiger partial charge is 0.367 e. The SMILES string of the molecule is [2H]c1nc(N([2H])C2([2H])C([2H])([2H])CN(C([2H])c3c([2H])cc(F)c(C#N)c3[2H])CC2([2H])[2H])c2c([2H])c(Cl)sc2n1. The van der Waals surface area contributed by atoms with E-state index in [9.17, 15) is 4.39 Å². The number of nitriles is 1. The fourth-order valence-corrected chi connectivity index (χ4v) is 3.29.